The fraction of sp³-hybridized carbons (Fsp3) is 0.684. The summed E-state index contributed by atoms with van der Waals surface area (Å²) in [6.07, 6.45) is 10.8. The van der Waals surface area contributed by atoms with Crippen molar-refractivity contribution in [2.75, 3.05) is 13.1 Å². The molecule has 1 N–H and O–H groups in total. The number of rotatable bonds is 4. The van der Waals surface area contributed by atoms with E-state index >= 15 is 0 Å². The first-order valence-electron chi connectivity index (χ1n) is 9.89. The molecule has 2 aliphatic rings. The van der Waals surface area contributed by atoms with Gasteiger partial charge in [0.1, 0.15) is 10.0 Å². The van der Waals surface area contributed by atoms with Crippen LogP contribution >= 0.6 is 11.6 Å². The molecule has 2 fully saturated rings. The molecule has 1 aromatic heterocycles. The Bertz CT molecular complexity index is 740. The van der Waals surface area contributed by atoms with Gasteiger partial charge in [0.15, 0.2) is 0 Å². The van der Waals surface area contributed by atoms with Crippen molar-refractivity contribution in [2.24, 2.45) is 5.92 Å². The van der Waals surface area contributed by atoms with E-state index in [1.165, 1.54) is 48.7 Å². The molecule has 0 atom stereocenters. The third-order valence-electron chi connectivity index (χ3n) is 5.62. The second kappa shape index (κ2) is 9.34. The number of piperidine rings is 1. The fourth-order valence-corrected chi connectivity index (χ4v) is 5.88. The van der Waals surface area contributed by atoms with Gasteiger partial charge in [-0.1, -0.05) is 43.7 Å². The smallest absolute Gasteiger partial charge is 0.246 e. The first-order valence-corrected chi connectivity index (χ1v) is 11.7. The molecule has 1 aromatic rings. The minimum atomic E-state index is -3.67. The van der Waals surface area contributed by atoms with Gasteiger partial charge in [0.05, 0.1) is 0 Å². The number of carbonyl (C=O) groups excluding carboxylic acids is 1. The number of halogens is 1. The monoisotopic (exact) mass is 413 g/mol. The van der Waals surface area contributed by atoms with Crippen LogP contribution in [-0.4, -0.2) is 42.7 Å². The van der Waals surface area contributed by atoms with Crippen LogP contribution in [0.1, 0.15) is 57.8 Å². The molecular weight excluding hydrogens is 386 g/mol. The molecule has 0 aromatic carbocycles. The van der Waals surface area contributed by atoms with Crippen LogP contribution in [0.3, 0.4) is 0 Å². The van der Waals surface area contributed by atoms with E-state index in [0.717, 1.165) is 12.8 Å². The lowest BCUT2D eigenvalue weighted by Crippen LogP contribution is -2.45. The van der Waals surface area contributed by atoms with E-state index in [1.807, 2.05) is 0 Å². The maximum absolute atomic E-state index is 12.8. The SMILES string of the molecule is O=C(NC1CCCCCCC1)C1CCN(S(=O)(=O)c2cccnc2Cl)CC1. The maximum Gasteiger partial charge on any atom is 0.246 e. The summed E-state index contributed by atoms with van der Waals surface area (Å²) >= 11 is 5.96. The van der Waals surface area contributed by atoms with Crippen LogP contribution in [-0.2, 0) is 14.8 Å². The standard InChI is InChI=1S/C19H28ClN3O3S/c20-18-17(9-6-12-21-18)27(25,26)23-13-10-15(11-14-23)19(24)22-16-7-4-2-1-3-5-8-16/h6,9,12,15-16H,1-5,7-8,10-11,13-14H2,(H,22,24). The molecule has 0 radical (unpaired) electrons. The van der Waals surface area contributed by atoms with Crippen molar-refractivity contribution in [3.8, 4) is 0 Å². The predicted octanol–water partition coefficient (Wildman–Crippen LogP) is 3.36. The van der Waals surface area contributed by atoms with Gasteiger partial charge >= 0.3 is 0 Å². The molecule has 1 aliphatic carbocycles. The van der Waals surface area contributed by atoms with Crippen LogP contribution in [0.25, 0.3) is 0 Å². The van der Waals surface area contributed by atoms with Crippen molar-refractivity contribution in [1.82, 2.24) is 14.6 Å². The molecule has 1 saturated carbocycles. The molecule has 0 unspecified atom stereocenters. The summed E-state index contributed by atoms with van der Waals surface area (Å²) in [4.78, 5) is 16.5. The number of hydrogen-bond acceptors (Lipinski definition) is 4. The van der Waals surface area contributed by atoms with Crippen molar-refractivity contribution < 1.29 is 13.2 Å². The number of nitrogens with one attached hydrogen (secondary N) is 1. The first-order chi connectivity index (χ1) is 13.0. The molecule has 2 heterocycles. The highest BCUT2D eigenvalue weighted by atomic mass is 35.5. The number of amides is 1. The topological polar surface area (TPSA) is 79.4 Å². The zero-order valence-electron chi connectivity index (χ0n) is 15.6. The average molecular weight is 414 g/mol. The van der Waals surface area contributed by atoms with E-state index in [2.05, 4.69) is 10.3 Å². The van der Waals surface area contributed by atoms with E-state index in [1.54, 1.807) is 6.07 Å². The molecule has 0 spiro atoms. The lowest BCUT2D eigenvalue weighted by molar-refractivity contribution is -0.127. The van der Waals surface area contributed by atoms with Crippen LogP contribution < -0.4 is 5.32 Å². The summed E-state index contributed by atoms with van der Waals surface area (Å²) in [5, 5.41) is 3.20. The molecule has 0 bridgehead atoms. The Balaban J connectivity index is 1.55. The second-order valence-corrected chi connectivity index (χ2v) is 9.79. The third kappa shape index (κ3) is 5.21. The quantitative estimate of drug-likeness (QED) is 0.767. The highest BCUT2D eigenvalue weighted by Crippen LogP contribution is 2.27. The summed E-state index contributed by atoms with van der Waals surface area (Å²) < 4.78 is 27.0. The Kier molecular flexibility index (Phi) is 7.11. The van der Waals surface area contributed by atoms with E-state index in [-0.39, 0.29) is 27.9 Å². The molecule has 1 amide bonds. The largest absolute Gasteiger partial charge is 0.353 e. The van der Waals surface area contributed by atoms with Gasteiger partial charge in [-0.15, -0.1) is 0 Å². The Morgan fingerprint density at radius 3 is 2.33 bits per heavy atom. The molecule has 3 rings (SSSR count). The van der Waals surface area contributed by atoms with Crippen molar-refractivity contribution in [2.45, 2.75) is 68.7 Å². The lowest BCUT2D eigenvalue weighted by atomic mass is 9.94. The van der Waals surface area contributed by atoms with Crippen LogP contribution in [0.2, 0.25) is 5.15 Å². The summed E-state index contributed by atoms with van der Waals surface area (Å²) in [6, 6.07) is 3.31. The highest BCUT2D eigenvalue weighted by Gasteiger charge is 2.33. The number of sulfonamides is 1. The molecular formula is C19H28ClN3O3S. The van der Waals surface area contributed by atoms with Gasteiger partial charge in [0, 0.05) is 31.2 Å². The zero-order chi connectivity index (χ0) is 19.3. The number of nitrogens with zero attached hydrogens (tertiary/aromatic N) is 2. The van der Waals surface area contributed by atoms with E-state index in [9.17, 15) is 13.2 Å². The van der Waals surface area contributed by atoms with Gasteiger partial charge in [0.2, 0.25) is 15.9 Å². The molecule has 1 aliphatic heterocycles. The van der Waals surface area contributed by atoms with Crippen molar-refractivity contribution >= 4 is 27.5 Å². The Morgan fingerprint density at radius 1 is 1.07 bits per heavy atom. The lowest BCUT2D eigenvalue weighted by Gasteiger charge is -2.31. The van der Waals surface area contributed by atoms with Gasteiger partial charge in [-0.3, -0.25) is 4.79 Å². The van der Waals surface area contributed by atoms with Crippen LogP contribution in [0.15, 0.2) is 23.2 Å². The van der Waals surface area contributed by atoms with E-state index in [0.29, 0.717) is 25.9 Å². The predicted molar refractivity (Wildman–Crippen MR) is 105 cm³/mol. The highest BCUT2D eigenvalue weighted by molar-refractivity contribution is 7.89. The minimum absolute atomic E-state index is 0.0124. The Morgan fingerprint density at radius 2 is 1.70 bits per heavy atom. The Hall–Kier alpha value is -1.18. The molecule has 6 nitrogen and oxygen atoms in total. The Labute approximate surface area is 166 Å². The van der Waals surface area contributed by atoms with E-state index in [4.69, 9.17) is 11.6 Å². The van der Waals surface area contributed by atoms with Gasteiger partial charge < -0.3 is 5.32 Å². The van der Waals surface area contributed by atoms with Crippen LogP contribution in [0, 0.1) is 5.92 Å². The normalized spacial score (nSPS) is 21.4. The summed E-state index contributed by atoms with van der Waals surface area (Å²) in [5.74, 6) is -0.0386. The van der Waals surface area contributed by atoms with Gasteiger partial charge in [0.25, 0.3) is 0 Å². The number of aromatic nitrogens is 1. The molecule has 27 heavy (non-hydrogen) atoms. The van der Waals surface area contributed by atoms with Crippen molar-refractivity contribution in [1.29, 1.82) is 0 Å². The number of hydrogen-bond donors (Lipinski definition) is 1. The molecule has 1 saturated heterocycles. The summed E-state index contributed by atoms with van der Waals surface area (Å²) in [6.45, 7) is 0.659. The number of pyridine rings is 1. The first kappa shape index (κ1) is 20.6. The average Bonchev–Trinajstić information content (AvgIpc) is 2.64. The van der Waals surface area contributed by atoms with Gasteiger partial charge in [-0.2, -0.15) is 4.31 Å². The minimum Gasteiger partial charge on any atom is -0.353 e. The second-order valence-electron chi connectivity index (χ2n) is 7.52. The van der Waals surface area contributed by atoms with Crippen LogP contribution in [0.4, 0.5) is 0 Å². The van der Waals surface area contributed by atoms with Gasteiger partial charge in [-0.25, -0.2) is 13.4 Å². The van der Waals surface area contributed by atoms with Crippen molar-refractivity contribution in [3.05, 3.63) is 23.5 Å². The maximum atomic E-state index is 12.8. The zero-order valence-corrected chi connectivity index (χ0v) is 17.1. The van der Waals surface area contributed by atoms with Gasteiger partial charge in [-0.05, 0) is 37.8 Å². The van der Waals surface area contributed by atoms with E-state index < -0.39 is 10.0 Å². The summed E-state index contributed by atoms with van der Waals surface area (Å²) in [7, 11) is -3.67. The molecule has 150 valence electrons. The fourth-order valence-electron chi connectivity index (χ4n) is 3.98. The van der Waals surface area contributed by atoms with Crippen molar-refractivity contribution in [3.63, 3.8) is 0 Å². The van der Waals surface area contributed by atoms with Crippen LogP contribution in [0.5, 0.6) is 0 Å². The number of carbonyl (C=O) groups is 1. The third-order valence-corrected chi connectivity index (χ3v) is 7.96. The molecule has 8 heteroatoms. The summed E-state index contributed by atoms with van der Waals surface area (Å²) in [5.41, 5.74) is 0.